The lowest BCUT2D eigenvalue weighted by atomic mass is 9.92. The van der Waals surface area contributed by atoms with Crippen LogP contribution in [0.2, 0.25) is 0 Å². The summed E-state index contributed by atoms with van der Waals surface area (Å²) in [4.78, 5) is 14.0. The summed E-state index contributed by atoms with van der Waals surface area (Å²) in [5.41, 5.74) is 12.7. The molecule has 3 aromatic heterocycles. The maximum absolute atomic E-state index is 4.92. The fraction of sp³-hybridized carbons (Fsp3) is 0. The minimum atomic E-state index is 0.821. The van der Waals surface area contributed by atoms with Gasteiger partial charge in [-0.3, -0.25) is 9.97 Å². The Morgan fingerprint density at radius 1 is 0.280 bits per heavy atom. The molecule has 0 aliphatic carbocycles. The Balaban J connectivity index is 0.985. The Bertz CT molecular complexity index is 2540. The van der Waals surface area contributed by atoms with Crippen LogP contribution in [0.3, 0.4) is 0 Å². The third-order valence-corrected chi connectivity index (χ3v) is 9.41. The molecule has 0 aliphatic heterocycles. The lowest BCUT2D eigenvalue weighted by molar-refractivity contribution is 1.22. The summed E-state index contributed by atoms with van der Waals surface area (Å²) < 4.78 is 0. The van der Waals surface area contributed by atoms with E-state index in [1.54, 1.807) is 12.4 Å². The average Bonchev–Trinajstić information content (AvgIpc) is 3.21. The molecule has 0 fully saturated rings. The third kappa shape index (κ3) is 5.61. The molecule has 0 N–H and O–H groups in total. The van der Waals surface area contributed by atoms with Gasteiger partial charge in [-0.2, -0.15) is 0 Å². The second-order valence-corrected chi connectivity index (χ2v) is 12.5. The number of nitrogens with zero attached hydrogens (tertiary/aromatic N) is 3. The topological polar surface area (TPSA) is 38.7 Å². The van der Waals surface area contributed by atoms with Crippen LogP contribution in [-0.2, 0) is 0 Å². The first kappa shape index (κ1) is 29.4. The first-order chi connectivity index (χ1) is 24.8. The van der Waals surface area contributed by atoms with Crippen molar-refractivity contribution in [3.05, 3.63) is 188 Å². The van der Waals surface area contributed by atoms with Gasteiger partial charge in [-0.1, -0.05) is 133 Å². The SMILES string of the molecule is c1ccc(-c2cc(-c3ccc(-c4ccc(-c5ccc(-c6cc7ccccc7c7ccccc67)cc5)cc4)cc3)cc(-c3ccccn3)n2)nc1. The van der Waals surface area contributed by atoms with Crippen molar-refractivity contribution in [3.8, 4) is 67.3 Å². The molecular weight excluding hydrogens is 607 g/mol. The molecule has 3 nitrogen and oxygen atoms in total. The second-order valence-electron chi connectivity index (χ2n) is 12.5. The Morgan fingerprint density at radius 2 is 0.700 bits per heavy atom. The number of benzene rings is 6. The minimum absolute atomic E-state index is 0.821. The van der Waals surface area contributed by atoms with Gasteiger partial charge in [0.1, 0.15) is 0 Å². The maximum atomic E-state index is 4.92. The summed E-state index contributed by atoms with van der Waals surface area (Å²) in [6.07, 6.45) is 3.60. The van der Waals surface area contributed by atoms with E-state index in [4.69, 9.17) is 4.98 Å². The van der Waals surface area contributed by atoms with Crippen molar-refractivity contribution in [2.24, 2.45) is 0 Å². The number of hydrogen-bond acceptors (Lipinski definition) is 3. The van der Waals surface area contributed by atoms with Gasteiger partial charge < -0.3 is 0 Å². The van der Waals surface area contributed by atoms with Gasteiger partial charge in [0, 0.05) is 12.4 Å². The van der Waals surface area contributed by atoms with Gasteiger partial charge in [-0.15, -0.1) is 0 Å². The molecule has 9 aromatic rings. The minimum Gasteiger partial charge on any atom is -0.255 e. The number of rotatable bonds is 6. The molecule has 6 aromatic carbocycles. The third-order valence-electron chi connectivity index (χ3n) is 9.41. The highest BCUT2D eigenvalue weighted by Gasteiger charge is 2.12. The standard InChI is InChI=1S/C47H31N3/c1-2-10-40-38(9-1)29-43(42-12-4-3-11-41(40)42)37-25-23-35(24-26-37)33-17-15-32(16-18-33)34-19-21-36(22-20-34)39-30-46(44-13-5-7-27-48-44)50-47(31-39)45-14-6-8-28-49-45/h1-31H. The lowest BCUT2D eigenvalue weighted by Gasteiger charge is -2.12. The van der Waals surface area contributed by atoms with Crippen molar-refractivity contribution in [2.75, 3.05) is 0 Å². The van der Waals surface area contributed by atoms with Crippen molar-refractivity contribution in [2.45, 2.75) is 0 Å². The van der Waals surface area contributed by atoms with E-state index in [1.807, 2.05) is 36.4 Å². The average molecular weight is 638 g/mol. The summed E-state index contributed by atoms with van der Waals surface area (Å²) in [5.74, 6) is 0. The Labute approximate surface area is 291 Å². The van der Waals surface area contributed by atoms with Gasteiger partial charge in [0.05, 0.1) is 22.8 Å². The largest absolute Gasteiger partial charge is 0.255 e. The molecule has 3 heterocycles. The van der Waals surface area contributed by atoms with Crippen molar-refractivity contribution >= 4 is 21.5 Å². The first-order valence-electron chi connectivity index (χ1n) is 16.8. The van der Waals surface area contributed by atoms with Crippen LogP contribution in [0.1, 0.15) is 0 Å². The zero-order valence-electron chi connectivity index (χ0n) is 27.2. The van der Waals surface area contributed by atoms with E-state index in [0.29, 0.717) is 0 Å². The first-order valence-corrected chi connectivity index (χ1v) is 16.8. The zero-order chi connectivity index (χ0) is 33.3. The second kappa shape index (κ2) is 12.7. The monoisotopic (exact) mass is 637 g/mol. The highest BCUT2D eigenvalue weighted by atomic mass is 14.8. The molecule has 0 aliphatic rings. The molecular formula is C47H31N3. The molecule has 0 bridgehead atoms. The summed E-state index contributed by atoms with van der Waals surface area (Å²) in [6, 6.07) is 62.2. The van der Waals surface area contributed by atoms with E-state index in [2.05, 4.69) is 149 Å². The maximum Gasteiger partial charge on any atom is 0.0900 e. The summed E-state index contributed by atoms with van der Waals surface area (Å²) >= 11 is 0. The van der Waals surface area contributed by atoms with Crippen molar-refractivity contribution in [1.29, 1.82) is 0 Å². The molecule has 0 unspecified atom stereocenters. The number of hydrogen-bond donors (Lipinski definition) is 0. The van der Waals surface area contributed by atoms with Gasteiger partial charge in [-0.25, -0.2) is 4.98 Å². The van der Waals surface area contributed by atoms with Gasteiger partial charge >= 0.3 is 0 Å². The number of aromatic nitrogens is 3. The predicted molar refractivity (Wildman–Crippen MR) is 207 cm³/mol. The van der Waals surface area contributed by atoms with Gasteiger partial charge in [0.15, 0.2) is 0 Å². The van der Waals surface area contributed by atoms with Crippen molar-refractivity contribution in [1.82, 2.24) is 15.0 Å². The molecule has 0 atom stereocenters. The van der Waals surface area contributed by atoms with E-state index in [-0.39, 0.29) is 0 Å². The Morgan fingerprint density at radius 3 is 1.20 bits per heavy atom. The number of fused-ring (bicyclic) bond motifs is 3. The van der Waals surface area contributed by atoms with Crippen molar-refractivity contribution < 1.29 is 0 Å². The van der Waals surface area contributed by atoms with Crippen LogP contribution in [-0.4, -0.2) is 15.0 Å². The fourth-order valence-electron chi connectivity index (χ4n) is 6.83. The predicted octanol–water partition coefficient (Wildman–Crippen LogP) is 12.2. The van der Waals surface area contributed by atoms with Crippen LogP contribution in [0, 0.1) is 0 Å². The Kier molecular flexibility index (Phi) is 7.49. The number of pyridine rings is 3. The summed E-state index contributed by atoms with van der Waals surface area (Å²) in [5, 5.41) is 5.12. The molecule has 9 rings (SSSR count). The summed E-state index contributed by atoms with van der Waals surface area (Å²) in [6.45, 7) is 0. The van der Waals surface area contributed by atoms with Gasteiger partial charge in [0.25, 0.3) is 0 Å². The van der Waals surface area contributed by atoms with E-state index in [9.17, 15) is 0 Å². The molecule has 234 valence electrons. The molecule has 0 spiro atoms. The highest BCUT2D eigenvalue weighted by Crippen LogP contribution is 2.36. The smallest absolute Gasteiger partial charge is 0.0900 e. The normalized spacial score (nSPS) is 11.2. The van der Waals surface area contributed by atoms with Crippen LogP contribution in [0.15, 0.2) is 188 Å². The highest BCUT2D eigenvalue weighted by molar-refractivity contribution is 6.13. The van der Waals surface area contributed by atoms with Crippen LogP contribution >= 0.6 is 0 Å². The molecule has 0 saturated heterocycles. The molecule has 0 amide bonds. The van der Waals surface area contributed by atoms with Gasteiger partial charge in [-0.05, 0) is 109 Å². The lowest BCUT2D eigenvalue weighted by Crippen LogP contribution is -1.93. The molecule has 0 radical (unpaired) electrons. The van der Waals surface area contributed by atoms with Crippen LogP contribution in [0.5, 0.6) is 0 Å². The molecule has 3 heteroatoms. The fourth-order valence-corrected chi connectivity index (χ4v) is 6.83. The van der Waals surface area contributed by atoms with Gasteiger partial charge in [0.2, 0.25) is 0 Å². The van der Waals surface area contributed by atoms with Crippen LogP contribution in [0.25, 0.3) is 88.8 Å². The summed E-state index contributed by atoms with van der Waals surface area (Å²) in [7, 11) is 0. The zero-order valence-corrected chi connectivity index (χ0v) is 27.2. The van der Waals surface area contributed by atoms with E-state index in [1.165, 1.54) is 54.9 Å². The van der Waals surface area contributed by atoms with Crippen molar-refractivity contribution in [3.63, 3.8) is 0 Å². The van der Waals surface area contributed by atoms with Crippen LogP contribution < -0.4 is 0 Å². The van der Waals surface area contributed by atoms with E-state index < -0.39 is 0 Å². The Hall–Kier alpha value is -6.71. The van der Waals surface area contributed by atoms with E-state index >= 15 is 0 Å². The molecule has 50 heavy (non-hydrogen) atoms. The quantitative estimate of drug-likeness (QED) is 0.170. The van der Waals surface area contributed by atoms with E-state index in [0.717, 1.165) is 33.9 Å². The van der Waals surface area contributed by atoms with Crippen LogP contribution in [0.4, 0.5) is 0 Å². The molecule has 0 saturated carbocycles.